The number of hydrogen-bond acceptors (Lipinski definition) is 6. The number of hydrazine groups is 1. The lowest BCUT2D eigenvalue weighted by Gasteiger charge is -2.33. The summed E-state index contributed by atoms with van der Waals surface area (Å²) in [5.41, 5.74) is 8.14. The highest BCUT2D eigenvalue weighted by Gasteiger charge is 2.45. The zero-order valence-corrected chi connectivity index (χ0v) is 21.0. The van der Waals surface area contributed by atoms with Gasteiger partial charge in [-0.2, -0.15) is 0 Å². The standard InChI is InChI=1S/C20H20Cl2N2O2S4/c1-27-19-16-11(4-3-7-20(16)28-8-9-29-20)17(30-19)18(26)24-23-15(25)10-12-13(21)5-2-6-14(12)22/h2,5-6H,3-4,7-10H2,1H3,(H,23,25)(H,24,26). The summed E-state index contributed by atoms with van der Waals surface area (Å²) in [6, 6.07) is 5.10. The highest BCUT2D eigenvalue weighted by Crippen LogP contribution is 2.61. The normalized spacial score (nSPS) is 17.0. The summed E-state index contributed by atoms with van der Waals surface area (Å²) in [6.45, 7) is 0. The molecule has 160 valence electrons. The van der Waals surface area contributed by atoms with Gasteiger partial charge < -0.3 is 0 Å². The first-order chi connectivity index (χ1) is 14.4. The number of hydrogen-bond donors (Lipinski definition) is 2. The molecule has 1 aliphatic heterocycles. The molecule has 0 radical (unpaired) electrons. The second-order valence-corrected chi connectivity index (χ2v) is 12.9. The molecule has 1 aliphatic carbocycles. The predicted octanol–water partition coefficient (Wildman–Crippen LogP) is 5.75. The second kappa shape index (κ2) is 9.55. The highest BCUT2D eigenvalue weighted by molar-refractivity contribution is 8.20. The van der Waals surface area contributed by atoms with Crippen molar-refractivity contribution in [1.29, 1.82) is 0 Å². The summed E-state index contributed by atoms with van der Waals surface area (Å²) in [6.07, 6.45) is 5.19. The van der Waals surface area contributed by atoms with Crippen molar-refractivity contribution in [2.45, 2.75) is 34.0 Å². The van der Waals surface area contributed by atoms with Crippen LogP contribution in [0.4, 0.5) is 0 Å². The molecule has 1 aromatic carbocycles. The summed E-state index contributed by atoms with van der Waals surface area (Å²) >= 11 is 19.5. The zero-order valence-electron chi connectivity index (χ0n) is 16.2. The van der Waals surface area contributed by atoms with Crippen molar-refractivity contribution >= 4 is 81.6 Å². The molecule has 0 unspecified atom stereocenters. The van der Waals surface area contributed by atoms with E-state index in [1.54, 1.807) is 30.0 Å². The van der Waals surface area contributed by atoms with E-state index < -0.39 is 0 Å². The highest BCUT2D eigenvalue weighted by atomic mass is 35.5. The van der Waals surface area contributed by atoms with E-state index in [-0.39, 0.29) is 22.3 Å². The van der Waals surface area contributed by atoms with Crippen LogP contribution in [-0.4, -0.2) is 29.6 Å². The van der Waals surface area contributed by atoms with Crippen LogP contribution in [0.2, 0.25) is 10.0 Å². The van der Waals surface area contributed by atoms with Crippen LogP contribution in [0.3, 0.4) is 0 Å². The Hall–Kier alpha value is -0.510. The van der Waals surface area contributed by atoms with Gasteiger partial charge in [0.1, 0.15) is 0 Å². The Bertz CT molecular complexity index is 969. The number of thioether (sulfide) groups is 3. The number of benzene rings is 1. The van der Waals surface area contributed by atoms with Gasteiger partial charge in [0.25, 0.3) is 5.91 Å². The van der Waals surface area contributed by atoms with Gasteiger partial charge >= 0.3 is 0 Å². The van der Waals surface area contributed by atoms with Crippen molar-refractivity contribution in [3.05, 3.63) is 49.8 Å². The lowest BCUT2D eigenvalue weighted by atomic mass is 9.92. The fourth-order valence-electron chi connectivity index (χ4n) is 3.85. The predicted molar refractivity (Wildman–Crippen MR) is 131 cm³/mol. The van der Waals surface area contributed by atoms with Crippen molar-refractivity contribution in [2.24, 2.45) is 0 Å². The largest absolute Gasteiger partial charge is 0.280 e. The van der Waals surface area contributed by atoms with Crippen LogP contribution in [0.15, 0.2) is 22.4 Å². The van der Waals surface area contributed by atoms with E-state index in [1.165, 1.54) is 21.1 Å². The van der Waals surface area contributed by atoms with Crippen LogP contribution >= 0.6 is 69.8 Å². The summed E-state index contributed by atoms with van der Waals surface area (Å²) < 4.78 is 1.30. The summed E-state index contributed by atoms with van der Waals surface area (Å²) in [5.74, 6) is 1.67. The van der Waals surface area contributed by atoms with Gasteiger partial charge in [-0.3, -0.25) is 20.4 Å². The Kier molecular flexibility index (Phi) is 7.22. The van der Waals surface area contributed by atoms with Gasteiger partial charge in [-0.25, -0.2) is 0 Å². The van der Waals surface area contributed by atoms with E-state index in [9.17, 15) is 9.59 Å². The maximum Gasteiger partial charge on any atom is 0.280 e. The Morgan fingerprint density at radius 1 is 1.17 bits per heavy atom. The minimum absolute atomic E-state index is 0.00616. The summed E-state index contributed by atoms with van der Waals surface area (Å²) in [4.78, 5) is 26.0. The van der Waals surface area contributed by atoms with Gasteiger partial charge in [0.2, 0.25) is 5.91 Å². The first-order valence-corrected chi connectivity index (χ1v) is 14.2. The van der Waals surface area contributed by atoms with E-state index in [0.29, 0.717) is 20.5 Å². The molecule has 30 heavy (non-hydrogen) atoms. The van der Waals surface area contributed by atoms with E-state index in [2.05, 4.69) is 17.1 Å². The van der Waals surface area contributed by atoms with Crippen LogP contribution < -0.4 is 10.9 Å². The van der Waals surface area contributed by atoms with Gasteiger partial charge in [-0.05, 0) is 48.8 Å². The van der Waals surface area contributed by atoms with Crippen LogP contribution in [-0.2, 0) is 21.7 Å². The third-order valence-corrected chi connectivity index (χ3v) is 11.7. The molecule has 1 aromatic heterocycles. The Morgan fingerprint density at radius 3 is 2.53 bits per heavy atom. The molecule has 2 amide bonds. The van der Waals surface area contributed by atoms with Crippen molar-refractivity contribution in [1.82, 2.24) is 10.9 Å². The number of amides is 2. The Morgan fingerprint density at radius 2 is 1.87 bits per heavy atom. The number of thiophene rings is 1. The SMILES string of the molecule is CSc1sc(C(=O)NNC(=O)Cc2c(Cl)cccc2Cl)c2c1C1(CCC2)SCCS1. The average Bonchev–Trinajstić information content (AvgIpc) is 3.35. The van der Waals surface area contributed by atoms with Gasteiger partial charge in [0.15, 0.2) is 0 Å². The quantitative estimate of drug-likeness (QED) is 0.398. The second-order valence-electron chi connectivity index (χ2n) is 6.96. The molecule has 2 N–H and O–H groups in total. The third kappa shape index (κ3) is 4.36. The molecule has 1 fully saturated rings. The summed E-state index contributed by atoms with van der Waals surface area (Å²) in [5, 5.41) is 0.857. The molecule has 1 spiro atoms. The molecule has 0 atom stereocenters. The molecule has 10 heteroatoms. The number of nitrogens with one attached hydrogen (secondary N) is 2. The minimum Gasteiger partial charge on any atom is -0.273 e. The number of fused-ring (bicyclic) bond motifs is 2. The van der Waals surface area contributed by atoms with Crippen LogP contribution in [0.1, 0.15) is 39.2 Å². The van der Waals surface area contributed by atoms with Crippen LogP contribution in [0, 0.1) is 0 Å². The molecule has 2 aromatic rings. The molecule has 4 rings (SSSR count). The number of rotatable bonds is 4. The van der Waals surface area contributed by atoms with E-state index >= 15 is 0 Å². The van der Waals surface area contributed by atoms with E-state index in [4.69, 9.17) is 23.2 Å². The van der Waals surface area contributed by atoms with Crippen LogP contribution in [0.25, 0.3) is 0 Å². The smallest absolute Gasteiger partial charge is 0.273 e. The minimum atomic E-state index is -0.368. The van der Waals surface area contributed by atoms with Gasteiger partial charge in [-0.1, -0.05) is 29.3 Å². The maximum atomic E-state index is 12.9. The van der Waals surface area contributed by atoms with Gasteiger partial charge in [-0.15, -0.1) is 46.6 Å². The lowest BCUT2D eigenvalue weighted by molar-refractivity contribution is -0.121. The molecular weight excluding hydrogens is 499 g/mol. The lowest BCUT2D eigenvalue weighted by Crippen LogP contribution is -2.42. The summed E-state index contributed by atoms with van der Waals surface area (Å²) in [7, 11) is 0. The van der Waals surface area contributed by atoms with Gasteiger partial charge in [0.05, 0.1) is 19.6 Å². The Balaban J connectivity index is 1.49. The van der Waals surface area contributed by atoms with E-state index in [1.807, 2.05) is 23.5 Å². The first-order valence-electron chi connectivity index (χ1n) is 9.45. The monoisotopic (exact) mass is 518 g/mol. The molecule has 0 saturated carbocycles. The Labute approximate surface area is 202 Å². The first kappa shape index (κ1) is 22.7. The molecular formula is C20H20Cl2N2O2S4. The van der Waals surface area contributed by atoms with Crippen molar-refractivity contribution in [3.8, 4) is 0 Å². The number of halogens is 2. The molecule has 0 bridgehead atoms. The topological polar surface area (TPSA) is 58.2 Å². The van der Waals surface area contributed by atoms with Crippen molar-refractivity contribution in [3.63, 3.8) is 0 Å². The molecule has 1 saturated heterocycles. The zero-order chi connectivity index (χ0) is 21.3. The fraction of sp³-hybridized carbons (Fsp3) is 0.400. The van der Waals surface area contributed by atoms with Crippen molar-refractivity contribution < 1.29 is 9.59 Å². The van der Waals surface area contributed by atoms with E-state index in [0.717, 1.165) is 36.3 Å². The third-order valence-electron chi connectivity index (χ3n) is 5.15. The average molecular weight is 520 g/mol. The number of carbonyl (C=O) groups excluding carboxylic acids is 2. The molecule has 4 nitrogen and oxygen atoms in total. The van der Waals surface area contributed by atoms with Crippen molar-refractivity contribution in [2.75, 3.05) is 17.8 Å². The number of carbonyl (C=O) groups is 2. The fourth-order valence-corrected chi connectivity index (χ4v) is 10.3. The maximum absolute atomic E-state index is 12.9. The molecule has 2 aliphatic rings. The van der Waals surface area contributed by atoms with Crippen LogP contribution in [0.5, 0.6) is 0 Å². The van der Waals surface area contributed by atoms with Gasteiger partial charge in [0, 0.05) is 27.1 Å². The molecule has 2 heterocycles.